The lowest BCUT2D eigenvalue weighted by molar-refractivity contribution is -0.138. The van der Waals surface area contributed by atoms with Gasteiger partial charge in [-0.1, -0.05) is 48.5 Å². The molecular weight excluding hydrogens is 294 g/mol. The van der Waals surface area contributed by atoms with Gasteiger partial charge in [0, 0.05) is 10.0 Å². The molecule has 0 aliphatic heterocycles. The number of amides is 1. The molecule has 5 nitrogen and oxygen atoms in total. The van der Waals surface area contributed by atoms with E-state index in [1.807, 2.05) is 48.5 Å². The Hall–Kier alpha value is -2.82. The number of carbonyl (C=O) groups is 2. The highest BCUT2D eigenvalue weighted by Crippen LogP contribution is 2.44. The van der Waals surface area contributed by atoms with Crippen LogP contribution < -0.4 is 5.32 Å². The molecule has 2 aromatic rings. The van der Waals surface area contributed by atoms with Gasteiger partial charge < -0.3 is 15.2 Å². The Morgan fingerprint density at radius 3 is 2.30 bits per heavy atom. The topological polar surface area (TPSA) is 75.6 Å². The van der Waals surface area contributed by atoms with E-state index in [1.165, 1.54) is 0 Å². The minimum Gasteiger partial charge on any atom is -0.480 e. The molecule has 0 spiro atoms. The molecule has 0 unspecified atom stereocenters. The standard InChI is InChI=1S/C18H17NO4/c1-11(17(20)21)19-18(22)23-10-16-14-8-4-2-6-12(14)13-7-3-5-9-15(13)16/h2-9,11,16H,10H2,1H3,(H,19,22)(H,20,21)/t11-/m0/s1/i1D3,11D. The number of rotatable bonds is 4. The molecule has 0 bridgehead atoms. The summed E-state index contributed by atoms with van der Waals surface area (Å²) < 4.78 is 34.3. The summed E-state index contributed by atoms with van der Waals surface area (Å²) in [6.45, 7) is -3.37. The van der Waals surface area contributed by atoms with Crippen LogP contribution >= 0.6 is 0 Å². The number of ether oxygens (including phenoxy) is 1. The van der Waals surface area contributed by atoms with E-state index in [9.17, 15) is 9.59 Å². The molecule has 2 aromatic carbocycles. The minimum atomic E-state index is -3.26. The van der Waals surface area contributed by atoms with Gasteiger partial charge in [0.15, 0.2) is 0 Å². The zero-order valence-corrected chi connectivity index (χ0v) is 12.1. The number of hydrogen-bond acceptors (Lipinski definition) is 3. The highest BCUT2D eigenvalue weighted by atomic mass is 16.5. The number of hydrogen-bond donors (Lipinski definition) is 2. The van der Waals surface area contributed by atoms with E-state index in [4.69, 9.17) is 15.3 Å². The Labute approximate surface area is 139 Å². The number of nitrogens with one attached hydrogen (secondary N) is 1. The van der Waals surface area contributed by atoms with E-state index in [0.717, 1.165) is 22.3 Å². The number of carbonyl (C=O) groups excluding carboxylic acids is 1. The van der Waals surface area contributed by atoms with Crippen molar-refractivity contribution >= 4 is 12.1 Å². The molecule has 0 saturated heterocycles. The molecule has 3 rings (SSSR count). The lowest BCUT2D eigenvalue weighted by Gasteiger charge is -2.15. The number of benzene rings is 2. The summed E-state index contributed by atoms with van der Waals surface area (Å²) in [6, 6.07) is 12.1. The first-order valence-corrected chi connectivity index (χ1v) is 7.01. The molecule has 1 amide bonds. The van der Waals surface area contributed by atoms with Gasteiger partial charge in [-0.05, 0) is 29.1 Å². The van der Waals surface area contributed by atoms with Crippen molar-refractivity contribution in [2.24, 2.45) is 0 Å². The quantitative estimate of drug-likeness (QED) is 0.909. The van der Waals surface area contributed by atoms with E-state index in [-0.39, 0.29) is 12.5 Å². The zero-order chi connectivity index (χ0) is 19.8. The first-order valence-electron chi connectivity index (χ1n) is 9.01. The highest BCUT2D eigenvalue weighted by Gasteiger charge is 2.29. The average molecular weight is 315 g/mol. The molecule has 1 aliphatic rings. The number of aliphatic carboxylic acids is 1. The van der Waals surface area contributed by atoms with Gasteiger partial charge in [0.2, 0.25) is 0 Å². The fourth-order valence-electron chi connectivity index (χ4n) is 2.79. The van der Waals surface area contributed by atoms with E-state index < -0.39 is 24.9 Å². The molecular formula is C18H17NO4. The minimum absolute atomic E-state index is 0.115. The third-order valence-corrected chi connectivity index (χ3v) is 3.78. The van der Waals surface area contributed by atoms with Crippen LogP contribution in [0.2, 0.25) is 0 Å². The summed E-state index contributed by atoms with van der Waals surface area (Å²) in [7, 11) is 0. The average Bonchev–Trinajstić information content (AvgIpc) is 2.93. The predicted octanol–water partition coefficient (Wildman–Crippen LogP) is 3.00. The van der Waals surface area contributed by atoms with Crippen LogP contribution in [0, 0.1) is 0 Å². The molecule has 0 fully saturated rings. The maximum absolute atomic E-state index is 12.0. The van der Waals surface area contributed by atoms with Crippen molar-refractivity contribution in [3.63, 3.8) is 0 Å². The Balaban J connectivity index is 1.77. The molecule has 0 aromatic heterocycles. The zero-order valence-electron chi connectivity index (χ0n) is 16.1. The molecule has 0 saturated carbocycles. The third-order valence-electron chi connectivity index (χ3n) is 3.78. The summed E-state index contributed by atoms with van der Waals surface area (Å²) in [4.78, 5) is 23.2. The molecule has 0 heterocycles. The normalized spacial score (nSPS) is 18.3. The lowest BCUT2D eigenvalue weighted by atomic mass is 9.98. The van der Waals surface area contributed by atoms with Gasteiger partial charge in [-0.3, -0.25) is 4.79 Å². The third kappa shape index (κ3) is 2.90. The first kappa shape index (κ1) is 10.8. The number of alkyl carbamates (subject to hydrolysis) is 1. The largest absolute Gasteiger partial charge is 0.480 e. The lowest BCUT2D eigenvalue weighted by Crippen LogP contribution is -2.39. The van der Waals surface area contributed by atoms with E-state index in [2.05, 4.69) is 0 Å². The second kappa shape index (κ2) is 6.12. The molecule has 2 N–H and O–H groups in total. The van der Waals surface area contributed by atoms with Crippen molar-refractivity contribution in [3.8, 4) is 11.1 Å². The van der Waals surface area contributed by atoms with Crippen molar-refractivity contribution < 1.29 is 24.9 Å². The summed E-state index contributed by atoms with van der Waals surface area (Å²) in [5.74, 6) is -2.25. The second-order valence-corrected chi connectivity index (χ2v) is 5.13. The summed E-state index contributed by atoms with van der Waals surface area (Å²) in [5, 5.41) is 10.7. The highest BCUT2D eigenvalue weighted by molar-refractivity contribution is 5.80. The van der Waals surface area contributed by atoms with Crippen molar-refractivity contribution in [2.75, 3.05) is 6.61 Å². The van der Waals surface area contributed by atoms with Crippen molar-refractivity contribution in [2.45, 2.75) is 18.8 Å². The van der Waals surface area contributed by atoms with Crippen LogP contribution in [0.3, 0.4) is 0 Å². The van der Waals surface area contributed by atoms with Gasteiger partial charge in [-0.15, -0.1) is 0 Å². The van der Waals surface area contributed by atoms with Crippen LogP contribution in [0.5, 0.6) is 0 Å². The second-order valence-electron chi connectivity index (χ2n) is 5.13. The smallest absolute Gasteiger partial charge is 0.407 e. The van der Waals surface area contributed by atoms with Gasteiger partial charge in [-0.25, -0.2) is 4.79 Å². The predicted molar refractivity (Wildman–Crippen MR) is 85.3 cm³/mol. The van der Waals surface area contributed by atoms with Crippen LogP contribution in [-0.4, -0.2) is 29.8 Å². The summed E-state index contributed by atoms with van der Waals surface area (Å²) in [5.41, 5.74) is 3.95. The Morgan fingerprint density at radius 1 is 1.22 bits per heavy atom. The van der Waals surface area contributed by atoms with Crippen LogP contribution in [0.4, 0.5) is 4.79 Å². The van der Waals surface area contributed by atoms with Gasteiger partial charge >= 0.3 is 12.1 Å². The molecule has 5 heteroatoms. The van der Waals surface area contributed by atoms with E-state index in [1.54, 1.807) is 5.32 Å². The number of fused-ring (bicyclic) bond motifs is 3. The van der Waals surface area contributed by atoms with Crippen LogP contribution in [0.15, 0.2) is 48.5 Å². The van der Waals surface area contributed by atoms with Crippen LogP contribution in [0.25, 0.3) is 11.1 Å². The van der Waals surface area contributed by atoms with Gasteiger partial charge in [0.25, 0.3) is 0 Å². The van der Waals surface area contributed by atoms with Crippen molar-refractivity contribution in [1.82, 2.24) is 5.32 Å². The molecule has 1 atom stereocenters. The molecule has 1 aliphatic carbocycles. The number of carboxylic acids is 1. The summed E-state index contributed by atoms with van der Waals surface area (Å²) >= 11 is 0. The van der Waals surface area contributed by atoms with Gasteiger partial charge in [0.1, 0.15) is 12.6 Å². The Morgan fingerprint density at radius 2 is 1.78 bits per heavy atom. The molecule has 118 valence electrons. The fourth-order valence-corrected chi connectivity index (χ4v) is 2.79. The maximum atomic E-state index is 12.0. The summed E-state index contributed by atoms with van der Waals surface area (Å²) in [6.07, 6.45) is -1.27. The van der Waals surface area contributed by atoms with Crippen LogP contribution in [-0.2, 0) is 9.53 Å². The number of carboxylic acid groups (broad SMARTS) is 1. The molecule has 23 heavy (non-hydrogen) atoms. The van der Waals surface area contributed by atoms with E-state index >= 15 is 0 Å². The maximum Gasteiger partial charge on any atom is 0.407 e. The van der Waals surface area contributed by atoms with Crippen molar-refractivity contribution in [1.29, 1.82) is 0 Å². The van der Waals surface area contributed by atoms with Gasteiger partial charge in [0.05, 0.1) is 1.37 Å². The van der Waals surface area contributed by atoms with E-state index in [0.29, 0.717) is 0 Å². The van der Waals surface area contributed by atoms with Crippen molar-refractivity contribution in [3.05, 3.63) is 59.7 Å². The monoisotopic (exact) mass is 315 g/mol. The SMILES string of the molecule is [2H]C([2H])([2H])[C@]([2H])(NC(=O)OCC1c2ccccc2-c2ccccc21)C(=O)O. The van der Waals surface area contributed by atoms with Gasteiger partial charge in [-0.2, -0.15) is 0 Å². The van der Waals surface area contributed by atoms with Crippen LogP contribution in [0.1, 0.15) is 29.4 Å². The molecule has 0 radical (unpaired) electrons. The Bertz CT molecular complexity index is 853. The Kier molecular flexibility index (Phi) is 2.88. The fraction of sp³-hybridized carbons (Fsp3) is 0.222. The first-order chi connectivity index (χ1) is 12.6.